The molecular formula is C10H9N3O3. The molecule has 16 heavy (non-hydrogen) atoms. The average molecular weight is 219 g/mol. The van der Waals surface area contributed by atoms with Gasteiger partial charge in [0.1, 0.15) is 0 Å². The third-order valence-electron chi connectivity index (χ3n) is 2.10. The maximum Gasteiger partial charge on any atom is 0.338 e. The van der Waals surface area contributed by atoms with Crippen LogP contribution in [0.5, 0.6) is 0 Å². The number of esters is 1. The molecule has 0 aliphatic heterocycles. The Labute approximate surface area is 91.5 Å². The third kappa shape index (κ3) is 2.02. The summed E-state index contributed by atoms with van der Waals surface area (Å²) in [5, 5.41) is 3.36. The number of aryl methyl sites for hydroxylation is 1. The second-order valence-electron chi connectivity index (χ2n) is 2.99. The van der Waals surface area contributed by atoms with Gasteiger partial charge in [0.2, 0.25) is 0 Å². The Morgan fingerprint density at radius 2 is 2.25 bits per heavy atom. The van der Waals surface area contributed by atoms with Crippen molar-refractivity contribution in [3.05, 3.63) is 39.3 Å². The number of carbonyl (C=O) groups excluding carboxylic acids is 2. The highest BCUT2D eigenvalue weighted by Gasteiger charge is 2.15. The number of hydrogen-bond donors (Lipinski definition) is 0. The van der Waals surface area contributed by atoms with Gasteiger partial charge in [0.15, 0.2) is 6.29 Å². The summed E-state index contributed by atoms with van der Waals surface area (Å²) in [6, 6.07) is 3.05. The van der Waals surface area contributed by atoms with Gasteiger partial charge in [-0.2, -0.15) is 0 Å². The monoisotopic (exact) mass is 219 g/mol. The molecule has 0 spiro atoms. The van der Waals surface area contributed by atoms with Gasteiger partial charge in [0.25, 0.3) is 0 Å². The molecule has 82 valence electrons. The predicted molar refractivity (Wildman–Crippen MR) is 56.7 cm³/mol. The minimum atomic E-state index is -0.648. The van der Waals surface area contributed by atoms with Crippen LogP contribution in [0.2, 0.25) is 0 Å². The van der Waals surface area contributed by atoms with Gasteiger partial charge in [-0.05, 0) is 24.1 Å². The van der Waals surface area contributed by atoms with Crippen molar-refractivity contribution in [1.82, 2.24) is 0 Å². The Morgan fingerprint density at radius 1 is 1.56 bits per heavy atom. The topological polar surface area (TPSA) is 92.1 Å². The quantitative estimate of drug-likeness (QED) is 0.257. The largest absolute Gasteiger partial charge is 0.465 e. The van der Waals surface area contributed by atoms with Gasteiger partial charge in [-0.15, -0.1) is 0 Å². The zero-order valence-corrected chi connectivity index (χ0v) is 8.80. The van der Waals surface area contributed by atoms with Gasteiger partial charge >= 0.3 is 5.97 Å². The van der Waals surface area contributed by atoms with E-state index < -0.39 is 5.97 Å². The molecule has 0 saturated carbocycles. The average Bonchev–Trinajstić information content (AvgIpc) is 2.29. The van der Waals surface area contributed by atoms with Gasteiger partial charge in [-0.25, -0.2) is 4.79 Å². The zero-order valence-electron chi connectivity index (χ0n) is 8.80. The van der Waals surface area contributed by atoms with Gasteiger partial charge < -0.3 is 4.74 Å². The summed E-state index contributed by atoms with van der Waals surface area (Å²) in [5.41, 5.74) is 9.31. The molecule has 0 radical (unpaired) electrons. The number of carbonyl (C=O) groups is 2. The van der Waals surface area contributed by atoms with Crippen LogP contribution >= 0.6 is 0 Å². The third-order valence-corrected chi connectivity index (χ3v) is 2.10. The van der Waals surface area contributed by atoms with Crippen molar-refractivity contribution in [2.24, 2.45) is 5.11 Å². The number of benzene rings is 1. The number of azide groups is 1. The van der Waals surface area contributed by atoms with Crippen molar-refractivity contribution in [3.8, 4) is 0 Å². The number of nitrogens with zero attached hydrogens (tertiary/aromatic N) is 3. The molecule has 1 rings (SSSR count). The zero-order chi connectivity index (χ0) is 12.1. The highest BCUT2D eigenvalue weighted by atomic mass is 16.5. The van der Waals surface area contributed by atoms with Crippen LogP contribution in [0, 0.1) is 6.92 Å². The van der Waals surface area contributed by atoms with Crippen LogP contribution in [0.4, 0.5) is 5.69 Å². The molecule has 0 atom stereocenters. The molecule has 0 amide bonds. The number of ether oxygens (including phenoxy) is 1. The maximum atomic E-state index is 11.4. The molecule has 1 aromatic rings. The van der Waals surface area contributed by atoms with Crippen LogP contribution in [-0.4, -0.2) is 19.4 Å². The summed E-state index contributed by atoms with van der Waals surface area (Å²) >= 11 is 0. The minimum Gasteiger partial charge on any atom is -0.465 e. The van der Waals surface area contributed by atoms with E-state index in [0.717, 1.165) is 0 Å². The molecule has 6 heteroatoms. The summed E-state index contributed by atoms with van der Waals surface area (Å²) in [4.78, 5) is 24.8. The molecule has 1 aromatic carbocycles. The molecule has 0 fully saturated rings. The standard InChI is InChI=1S/C10H9N3O3/c1-6-3-4-7(10(15)16-2)9(12-13-11)8(6)5-14/h3-5H,1-2H3. The molecular weight excluding hydrogens is 210 g/mol. The molecule has 0 bridgehead atoms. The van der Waals surface area contributed by atoms with Crippen molar-refractivity contribution >= 4 is 17.9 Å². The van der Waals surface area contributed by atoms with Crippen molar-refractivity contribution < 1.29 is 14.3 Å². The Bertz CT molecular complexity index is 490. The van der Waals surface area contributed by atoms with Crippen LogP contribution in [0.15, 0.2) is 17.2 Å². The maximum absolute atomic E-state index is 11.4. The van der Waals surface area contributed by atoms with Gasteiger partial charge in [-0.3, -0.25) is 4.79 Å². The molecule has 0 N–H and O–H groups in total. The number of rotatable bonds is 3. The van der Waals surface area contributed by atoms with E-state index >= 15 is 0 Å². The molecule has 6 nitrogen and oxygen atoms in total. The summed E-state index contributed by atoms with van der Waals surface area (Å²) in [5.74, 6) is -0.648. The first-order valence-electron chi connectivity index (χ1n) is 4.38. The van der Waals surface area contributed by atoms with E-state index in [-0.39, 0.29) is 16.8 Å². The predicted octanol–water partition coefficient (Wildman–Crippen LogP) is 2.54. The Kier molecular flexibility index (Phi) is 3.63. The molecule has 0 aromatic heterocycles. The van der Waals surface area contributed by atoms with E-state index in [0.29, 0.717) is 11.8 Å². The Balaban J connectivity index is 3.56. The van der Waals surface area contributed by atoms with E-state index in [1.54, 1.807) is 13.0 Å². The smallest absolute Gasteiger partial charge is 0.338 e. The SMILES string of the molecule is COC(=O)c1ccc(C)c(C=O)c1N=[N+]=[N-]. The van der Waals surface area contributed by atoms with Crippen molar-refractivity contribution in [2.75, 3.05) is 7.11 Å². The van der Waals surface area contributed by atoms with Crippen LogP contribution in [-0.2, 0) is 4.74 Å². The lowest BCUT2D eigenvalue weighted by molar-refractivity contribution is 0.0601. The summed E-state index contributed by atoms with van der Waals surface area (Å²) < 4.78 is 4.52. The highest BCUT2D eigenvalue weighted by Crippen LogP contribution is 2.27. The van der Waals surface area contributed by atoms with Crippen LogP contribution < -0.4 is 0 Å². The molecule has 0 aliphatic carbocycles. The van der Waals surface area contributed by atoms with E-state index in [1.165, 1.54) is 13.2 Å². The lowest BCUT2D eigenvalue weighted by Crippen LogP contribution is -2.03. The van der Waals surface area contributed by atoms with Gasteiger partial charge in [-0.1, -0.05) is 11.2 Å². The Morgan fingerprint density at radius 3 is 2.75 bits per heavy atom. The van der Waals surface area contributed by atoms with E-state index in [4.69, 9.17) is 5.53 Å². The Hall–Kier alpha value is -2.33. The molecule has 0 unspecified atom stereocenters. The fourth-order valence-electron chi connectivity index (χ4n) is 1.28. The summed E-state index contributed by atoms with van der Waals surface area (Å²) in [6.45, 7) is 1.68. The number of hydrogen-bond acceptors (Lipinski definition) is 4. The summed E-state index contributed by atoms with van der Waals surface area (Å²) in [6.07, 6.45) is 0.547. The second-order valence-corrected chi connectivity index (χ2v) is 2.99. The van der Waals surface area contributed by atoms with Gasteiger partial charge in [0.05, 0.1) is 18.4 Å². The number of aldehydes is 1. The minimum absolute atomic E-state index is 0.00403. The second kappa shape index (κ2) is 4.95. The lowest BCUT2D eigenvalue weighted by Gasteiger charge is -2.07. The van der Waals surface area contributed by atoms with E-state index in [9.17, 15) is 9.59 Å². The fourth-order valence-corrected chi connectivity index (χ4v) is 1.28. The van der Waals surface area contributed by atoms with E-state index in [1.807, 2.05) is 0 Å². The van der Waals surface area contributed by atoms with Crippen LogP contribution in [0.1, 0.15) is 26.3 Å². The lowest BCUT2D eigenvalue weighted by atomic mass is 10.0. The molecule has 0 saturated heterocycles. The van der Waals surface area contributed by atoms with Gasteiger partial charge in [0, 0.05) is 10.5 Å². The number of methoxy groups -OCH3 is 1. The normalized spacial score (nSPS) is 9.12. The van der Waals surface area contributed by atoms with Crippen molar-refractivity contribution in [1.29, 1.82) is 0 Å². The van der Waals surface area contributed by atoms with E-state index in [2.05, 4.69) is 14.8 Å². The molecule has 0 heterocycles. The van der Waals surface area contributed by atoms with Crippen molar-refractivity contribution in [3.63, 3.8) is 0 Å². The highest BCUT2D eigenvalue weighted by molar-refractivity contribution is 6.00. The summed E-state index contributed by atoms with van der Waals surface area (Å²) in [7, 11) is 1.21. The first-order valence-corrected chi connectivity index (χ1v) is 4.38. The first-order chi connectivity index (χ1) is 7.65. The fraction of sp³-hybridized carbons (Fsp3) is 0.200. The van der Waals surface area contributed by atoms with Crippen LogP contribution in [0.3, 0.4) is 0 Å². The van der Waals surface area contributed by atoms with Crippen LogP contribution in [0.25, 0.3) is 10.4 Å². The van der Waals surface area contributed by atoms with Crippen molar-refractivity contribution in [2.45, 2.75) is 6.92 Å². The first kappa shape index (κ1) is 11.7. The molecule has 0 aliphatic rings.